The van der Waals surface area contributed by atoms with Gasteiger partial charge >= 0.3 is 0 Å². The summed E-state index contributed by atoms with van der Waals surface area (Å²) in [5.41, 5.74) is 3.42. The molecular formula is C17H24N2O. The molecule has 2 rings (SSSR count). The van der Waals surface area contributed by atoms with E-state index in [2.05, 4.69) is 55.5 Å². The van der Waals surface area contributed by atoms with Gasteiger partial charge in [0.05, 0.1) is 5.69 Å². The molecule has 0 saturated carbocycles. The summed E-state index contributed by atoms with van der Waals surface area (Å²) in [7, 11) is 0. The van der Waals surface area contributed by atoms with Crippen LogP contribution in [0.25, 0.3) is 11.3 Å². The molecule has 0 fully saturated rings. The number of nitrogens with one attached hydrogen (secondary N) is 1. The number of aryl methyl sites for hydroxylation is 1. The molecule has 3 heteroatoms. The Bertz CT molecular complexity index is 514. The van der Waals surface area contributed by atoms with Crippen LogP contribution in [-0.4, -0.2) is 11.7 Å². The lowest BCUT2D eigenvalue weighted by molar-refractivity contribution is 0.418. The van der Waals surface area contributed by atoms with Gasteiger partial charge in [0.15, 0.2) is 5.76 Å². The van der Waals surface area contributed by atoms with Crippen LogP contribution in [0.1, 0.15) is 38.4 Å². The molecule has 1 heterocycles. The Hall–Kier alpha value is -1.61. The van der Waals surface area contributed by atoms with E-state index in [9.17, 15) is 0 Å². The molecule has 0 aliphatic heterocycles. The van der Waals surface area contributed by atoms with E-state index in [1.54, 1.807) is 0 Å². The maximum absolute atomic E-state index is 5.42. The van der Waals surface area contributed by atoms with E-state index in [0.717, 1.165) is 36.5 Å². The second-order valence-electron chi connectivity index (χ2n) is 5.65. The van der Waals surface area contributed by atoms with Gasteiger partial charge < -0.3 is 9.84 Å². The first-order chi connectivity index (χ1) is 9.69. The van der Waals surface area contributed by atoms with Crippen LogP contribution in [0.15, 0.2) is 34.9 Å². The fraction of sp³-hybridized carbons (Fsp3) is 0.471. The van der Waals surface area contributed by atoms with E-state index in [0.29, 0.717) is 5.92 Å². The second kappa shape index (κ2) is 7.25. The Labute approximate surface area is 121 Å². The number of benzene rings is 1. The normalized spacial score (nSPS) is 11.2. The van der Waals surface area contributed by atoms with Crippen LogP contribution in [-0.2, 0) is 13.0 Å². The molecule has 0 radical (unpaired) electrons. The molecule has 0 bridgehead atoms. The zero-order valence-electron chi connectivity index (χ0n) is 12.6. The van der Waals surface area contributed by atoms with Crippen LogP contribution in [0, 0.1) is 5.92 Å². The molecule has 0 aliphatic rings. The minimum Gasteiger partial charge on any atom is -0.356 e. The molecule has 2 aromatic rings. The van der Waals surface area contributed by atoms with Gasteiger partial charge in [-0.15, -0.1) is 0 Å². The monoisotopic (exact) mass is 272 g/mol. The summed E-state index contributed by atoms with van der Waals surface area (Å²) < 4.78 is 5.42. The van der Waals surface area contributed by atoms with Crippen molar-refractivity contribution in [3.8, 4) is 11.3 Å². The van der Waals surface area contributed by atoms with Gasteiger partial charge in [0.2, 0.25) is 0 Å². The lowest BCUT2D eigenvalue weighted by Gasteiger charge is -2.04. The van der Waals surface area contributed by atoms with Crippen molar-refractivity contribution >= 4 is 0 Å². The number of aromatic nitrogens is 1. The standard InChI is InChI=1S/C17H24N2O/c1-4-5-14-6-8-15(9-7-14)17-10-16(19-20-17)12-18-11-13(2)3/h6-10,13,18H,4-5,11-12H2,1-3H3. The van der Waals surface area contributed by atoms with Gasteiger partial charge in [-0.1, -0.05) is 56.6 Å². The average molecular weight is 272 g/mol. The van der Waals surface area contributed by atoms with Gasteiger partial charge in [-0.2, -0.15) is 0 Å². The van der Waals surface area contributed by atoms with Crippen LogP contribution in [0.4, 0.5) is 0 Å². The van der Waals surface area contributed by atoms with Gasteiger partial charge in [0.25, 0.3) is 0 Å². The molecule has 0 aliphatic carbocycles. The summed E-state index contributed by atoms with van der Waals surface area (Å²) in [5, 5.41) is 7.48. The van der Waals surface area contributed by atoms with Crippen molar-refractivity contribution in [2.24, 2.45) is 5.92 Å². The predicted molar refractivity (Wildman–Crippen MR) is 82.5 cm³/mol. The average Bonchev–Trinajstić information content (AvgIpc) is 2.88. The first kappa shape index (κ1) is 14.8. The first-order valence-corrected chi connectivity index (χ1v) is 7.44. The Kier molecular flexibility index (Phi) is 5.36. The molecule has 3 nitrogen and oxygen atoms in total. The van der Waals surface area contributed by atoms with Crippen LogP contribution in [0.2, 0.25) is 0 Å². The summed E-state index contributed by atoms with van der Waals surface area (Å²) in [6, 6.07) is 10.6. The lowest BCUT2D eigenvalue weighted by atomic mass is 10.1. The van der Waals surface area contributed by atoms with Crippen molar-refractivity contribution < 1.29 is 4.52 Å². The van der Waals surface area contributed by atoms with Crippen LogP contribution in [0.5, 0.6) is 0 Å². The highest BCUT2D eigenvalue weighted by Gasteiger charge is 2.06. The fourth-order valence-electron chi connectivity index (χ4n) is 2.14. The SMILES string of the molecule is CCCc1ccc(-c2cc(CNCC(C)C)no2)cc1. The highest BCUT2D eigenvalue weighted by atomic mass is 16.5. The first-order valence-electron chi connectivity index (χ1n) is 7.44. The number of nitrogens with zero attached hydrogens (tertiary/aromatic N) is 1. The van der Waals surface area contributed by atoms with Crippen molar-refractivity contribution in [1.29, 1.82) is 0 Å². The van der Waals surface area contributed by atoms with E-state index in [1.807, 2.05) is 6.07 Å². The highest BCUT2D eigenvalue weighted by Crippen LogP contribution is 2.21. The molecule has 20 heavy (non-hydrogen) atoms. The molecular weight excluding hydrogens is 248 g/mol. The Morgan fingerprint density at radius 2 is 1.95 bits per heavy atom. The number of hydrogen-bond donors (Lipinski definition) is 1. The third kappa shape index (κ3) is 4.20. The van der Waals surface area contributed by atoms with Gasteiger partial charge in [-0.25, -0.2) is 0 Å². The van der Waals surface area contributed by atoms with Crippen molar-refractivity contribution in [3.05, 3.63) is 41.6 Å². The molecule has 0 amide bonds. The van der Waals surface area contributed by atoms with Crippen molar-refractivity contribution in [1.82, 2.24) is 10.5 Å². The van der Waals surface area contributed by atoms with Gasteiger partial charge in [0.1, 0.15) is 0 Å². The van der Waals surface area contributed by atoms with Gasteiger partial charge in [0, 0.05) is 18.2 Å². The smallest absolute Gasteiger partial charge is 0.167 e. The molecule has 1 aromatic carbocycles. The van der Waals surface area contributed by atoms with Crippen LogP contribution in [0.3, 0.4) is 0 Å². The van der Waals surface area contributed by atoms with E-state index < -0.39 is 0 Å². The molecule has 0 atom stereocenters. The Balaban J connectivity index is 1.97. The van der Waals surface area contributed by atoms with E-state index >= 15 is 0 Å². The third-order valence-corrected chi connectivity index (χ3v) is 3.19. The summed E-state index contributed by atoms with van der Waals surface area (Å²) in [6.45, 7) is 8.34. The largest absolute Gasteiger partial charge is 0.356 e. The molecule has 0 unspecified atom stereocenters. The quantitative estimate of drug-likeness (QED) is 0.826. The molecule has 0 saturated heterocycles. The summed E-state index contributed by atoms with van der Waals surface area (Å²) in [4.78, 5) is 0. The van der Waals surface area contributed by atoms with E-state index in [1.165, 1.54) is 12.0 Å². The van der Waals surface area contributed by atoms with E-state index in [-0.39, 0.29) is 0 Å². The summed E-state index contributed by atoms with van der Waals surface area (Å²) >= 11 is 0. The van der Waals surface area contributed by atoms with Gasteiger partial charge in [-0.3, -0.25) is 0 Å². The van der Waals surface area contributed by atoms with Crippen LogP contribution < -0.4 is 5.32 Å². The minimum absolute atomic E-state index is 0.646. The summed E-state index contributed by atoms with van der Waals surface area (Å²) in [5.74, 6) is 1.49. The van der Waals surface area contributed by atoms with E-state index in [4.69, 9.17) is 4.52 Å². The highest BCUT2D eigenvalue weighted by molar-refractivity contribution is 5.57. The maximum atomic E-state index is 5.42. The van der Waals surface area contributed by atoms with Crippen molar-refractivity contribution in [3.63, 3.8) is 0 Å². The maximum Gasteiger partial charge on any atom is 0.167 e. The van der Waals surface area contributed by atoms with Crippen molar-refractivity contribution in [2.75, 3.05) is 6.54 Å². The Morgan fingerprint density at radius 3 is 2.60 bits per heavy atom. The zero-order chi connectivity index (χ0) is 14.4. The molecule has 108 valence electrons. The van der Waals surface area contributed by atoms with Crippen molar-refractivity contribution in [2.45, 2.75) is 40.2 Å². The van der Waals surface area contributed by atoms with Gasteiger partial charge in [-0.05, 0) is 24.4 Å². The lowest BCUT2D eigenvalue weighted by Crippen LogP contribution is -2.18. The van der Waals surface area contributed by atoms with Crippen LogP contribution >= 0.6 is 0 Å². The predicted octanol–water partition coefficient (Wildman–Crippen LogP) is 4.04. The Morgan fingerprint density at radius 1 is 1.20 bits per heavy atom. The topological polar surface area (TPSA) is 38.1 Å². The molecule has 1 aromatic heterocycles. The summed E-state index contributed by atoms with van der Waals surface area (Å²) in [6.07, 6.45) is 2.30. The molecule has 1 N–H and O–H groups in total. The molecule has 0 spiro atoms. The number of rotatable bonds is 7. The fourth-order valence-corrected chi connectivity index (χ4v) is 2.14. The third-order valence-electron chi connectivity index (χ3n) is 3.19. The minimum atomic E-state index is 0.646. The number of hydrogen-bond acceptors (Lipinski definition) is 3. The zero-order valence-corrected chi connectivity index (χ0v) is 12.6. The second-order valence-corrected chi connectivity index (χ2v) is 5.65.